The summed E-state index contributed by atoms with van der Waals surface area (Å²) in [5.41, 5.74) is 1.46. The van der Waals surface area contributed by atoms with Gasteiger partial charge in [-0.15, -0.1) is 11.3 Å². The highest BCUT2D eigenvalue weighted by atomic mass is 32.1. The minimum atomic E-state index is -0.125. The molecule has 0 aliphatic heterocycles. The van der Waals surface area contributed by atoms with Gasteiger partial charge in [0.2, 0.25) is 0 Å². The molecule has 1 unspecified atom stereocenters. The molecule has 1 N–H and O–H groups in total. The molecule has 1 atom stereocenters. The molecule has 0 amide bonds. The molecule has 0 aromatic carbocycles. The average molecular weight is 347 g/mol. The monoisotopic (exact) mass is 347 g/mol. The second kappa shape index (κ2) is 7.92. The number of fused-ring (bicyclic) bond motifs is 3. The molecule has 0 spiro atoms. The molecule has 0 saturated heterocycles. The highest BCUT2D eigenvalue weighted by molar-refractivity contribution is 7.19. The summed E-state index contributed by atoms with van der Waals surface area (Å²) in [4.78, 5) is 22.6. The molecule has 3 rings (SSSR count). The zero-order valence-corrected chi connectivity index (χ0v) is 15.2. The van der Waals surface area contributed by atoms with Gasteiger partial charge in [-0.05, 0) is 43.6 Å². The van der Waals surface area contributed by atoms with Crippen LogP contribution in [0.1, 0.15) is 49.5 Å². The van der Waals surface area contributed by atoms with Crippen LogP contribution in [0.4, 0.5) is 5.82 Å². The number of nitrogens with one attached hydrogen (secondary N) is 1. The number of unbranched alkanes of at least 4 members (excludes halogenated alkanes) is 2. The Morgan fingerprint density at radius 3 is 3.08 bits per heavy atom. The number of carbonyl (C=O) groups is 1. The van der Waals surface area contributed by atoms with Gasteiger partial charge in [-0.2, -0.15) is 0 Å². The van der Waals surface area contributed by atoms with Crippen molar-refractivity contribution in [2.75, 3.05) is 19.0 Å². The molecule has 2 heterocycles. The average Bonchev–Trinajstić information content (AvgIpc) is 2.95. The molecule has 2 aromatic heterocycles. The Labute approximate surface area is 146 Å². The van der Waals surface area contributed by atoms with E-state index in [0.29, 0.717) is 6.42 Å². The van der Waals surface area contributed by atoms with Crippen molar-refractivity contribution in [1.82, 2.24) is 9.97 Å². The number of anilines is 1. The Kier molecular flexibility index (Phi) is 5.66. The number of thiophene rings is 1. The van der Waals surface area contributed by atoms with Crippen molar-refractivity contribution in [2.24, 2.45) is 5.92 Å². The van der Waals surface area contributed by atoms with E-state index in [9.17, 15) is 4.79 Å². The quantitative estimate of drug-likeness (QED) is 0.607. The third kappa shape index (κ3) is 3.86. The highest BCUT2D eigenvalue weighted by Crippen LogP contribution is 2.39. The van der Waals surface area contributed by atoms with E-state index in [4.69, 9.17) is 0 Å². The number of rotatable bonds is 7. The maximum Gasteiger partial charge on any atom is 0.305 e. The molecule has 0 fully saturated rings. The number of hydrogen-bond acceptors (Lipinski definition) is 6. The van der Waals surface area contributed by atoms with Gasteiger partial charge in [-0.25, -0.2) is 9.97 Å². The zero-order chi connectivity index (χ0) is 16.9. The van der Waals surface area contributed by atoms with E-state index in [0.717, 1.165) is 48.8 Å². The van der Waals surface area contributed by atoms with Crippen LogP contribution in [0.25, 0.3) is 10.2 Å². The molecule has 130 valence electrons. The van der Waals surface area contributed by atoms with Gasteiger partial charge in [0.15, 0.2) is 0 Å². The zero-order valence-electron chi connectivity index (χ0n) is 14.4. The second-order valence-electron chi connectivity index (χ2n) is 6.57. The van der Waals surface area contributed by atoms with Crippen molar-refractivity contribution in [3.63, 3.8) is 0 Å². The third-order valence-electron chi connectivity index (χ3n) is 4.67. The van der Waals surface area contributed by atoms with Crippen molar-refractivity contribution in [3.05, 3.63) is 16.8 Å². The number of hydrogen-bond donors (Lipinski definition) is 1. The summed E-state index contributed by atoms with van der Waals surface area (Å²) in [5, 5.41) is 4.71. The van der Waals surface area contributed by atoms with Crippen LogP contribution in [0.15, 0.2) is 6.33 Å². The number of esters is 1. The lowest BCUT2D eigenvalue weighted by Gasteiger charge is -2.18. The standard InChI is InChI=1S/C18H25N3O2S/c1-12-7-8-13-14(10-12)24-18-16(13)17(20-11-21-18)19-9-5-3-4-6-15(22)23-2/h11-12H,3-10H2,1-2H3,(H,19,20,21). The van der Waals surface area contributed by atoms with Gasteiger partial charge in [-0.1, -0.05) is 13.3 Å². The number of methoxy groups -OCH3 is 1. The van der Waals surface area contributed by atoms with Crippen molar-refractivity contribution < 1.29 is 9.53 Å². The highest BCUT2D eigenvalue weighted by Gasteiger charge is 2.22. The SMILES string of the molecule is COC(=O)CCCCCNc1ncnc2sc3c(c12)CCC(C)C3. The predicted octanol–water partition coefficient (Wildman–Crippen LogP) is 3.96. The van der Waals surface area contributed by atoms with Gasteiger partial charge in [-0.3, -0.25) is 4.79 Å². The first kappa shape index (κ1) is 17.1. The van der Waals surface area contributed by atoms with Gasteiger partial charge in [0.05, 0.1) is 12.5 Å². The number of carbonyl (C=O) groups excluding carboxylic acids is 1. The number of ether oxygens (including phenoxy) is 1. The molecule has 1 aliphatic carbocycles. The first-order chi connectivity index (χ1) is 11.7. The lowest BCUT2D eigenvalue weighted by Crippen LogP contribution is -2.10. The Morgan fingerprint density at radius 2 is 2.25 bits per heavy atom. The van der Waals surface area contributed by atoms with E-state index in [1.54, 1.807) is 6.33 Å². The Morgan fingerprint density at radius 1 is 1.38 bits per heavy atom. The van der Waals surface area contributed by atoms with Gasteiger partial charge in [0.25, 0.3) is 0 Å². The Hall–Kier alpha value is -1.69. The second-order valence-corrected chi connectivity index (χ2v) is 7.65. The maximum absolute atomic E-state index is 11.1. The van der Waals surface area contributed by atoms with Crippen LogP contribution in [0, 0.1) is 5.92 Å². The normalized spacial score (nSPS) is 16.8. The molecule has 24 heavy (non-hydrogen) atoms. The third-order valence-corrected chi connectivity index (χ3v) is 5.83. The topological polar surface area (TPSA) is 64.1 Å². The number of aromatic nitrogens is 2. The molecule has 0 saturated carbocycles. The largest absolute Gasteiger partial charge is 0.469 e. The molecule has 2 aromatic rings. The number of aryl methyl sites for hydroxylation is 1. The van der Waals surface area contributed by atoms with E-state index in [2.05, 4.69) is 26.9 Å². The summed E-state index contributed by atoms with van der Waals surface area (Å²) >= 11 is 1.83. The van der Waals surface area contributed by atoms with E-state index in [1.807, 2.05) is 11.3 Å². The van der Waals surface area contributed by atoms with Crippen molar-refractivity contribution in [1.29, 1.82) is 0 Å². The van der Waals surface area contributed by atoms with Crippen molar-refractivity contribution in [3.8, 4) is 0 Å². The smallest absolute Gasteiger partial charge is 0.305 e. The molecule has 1 aliphatic rings. The fraction of sp³-hybridized carbons (Fsp3) is 0.611. The predicted molar refractivity (Wildman–Crippen MR) is 97.6 cm³/mol. The minimum absolute atomic E-state index is 0.125. The van der Waals surface area contributed by atoms with Crippen LogP contribution < -0.4 is 5.32 Å². The van der Waals surface area contributed by atoms with Crippen molar-refractivity contribution in [2.45, 2.75) is 51.9 Å². The lowest BCUT2D eigenvalue weighted by atomic mass is 9.89. The summed E-state index contributed by atoms with van der Waals surface area (Å²) in [7, 11) is 1.44. The lowest BCUT2D eigenvalue weighted by molar-refractivity contribution is -0.140. The number of nitrogens with zero attached hydrogens (tertiary/aromatic N) is 2. The van der Waals surface area contributed by atoms with Gasteiger partial charge < -0.3 is 10.1 Å². The van der Waals surface area contributed by atoms with Gasteiger partial charge in [0, 0.05) is 17.8 Å². The molecular weight excluding hydrogens is 322 g/mol. The van der Waals surface area contributed by atoms with E-state index in [-0.39, 0.29) is 5.97 Å². The maximum atomic E-state index is 11.1. The first-order valence-electron chi connectivity index (χ1n) is 8.75. The molecule has 5 nitrogen and oxygen atoms in total. The van der Waals surface area contributed by atoms with Crippen LogP contribution in [-0.2, 0) is 22.4 Å². The first-order valence-corrected chi connectivity index (χ1v) is 9.56. The molecular formula is C18H25N3O2S. The summed E-state index contributed by atoms with van der Waals surface area (Å²) in [6.45, 7) is 3.20. The van der Waals surface area contributed by atoms with E-state index >= 15 is 0 Å². The summed E-state index contributed by atoms with van der Waals surface area (Å²) in [5.74, 6) is 1.62. The van der Waals surface area contributed by atoms with Crippen LogP contribution in [0.3, 0.4) is 0 Å². The molecule has 0 bridgehead atoms. The van der Waals surface area contributed by atoms with E-state index < -0.39 is 0 Å². The fourth-order valence-electron chi connectivity index (χ4n) is 3.29. The Balaban J connectivity index is 1.60. The minimum Gasteiger partial charge on any atom is -0.469 e. The molecule has 0 radical (unpaired) electrons. The Bertz CT molecular complexity index is 714. The van der Waals surface area contributed by atoms with E-state index in [1.165, 1.54) is 35.8 Å². The van der Waals surface area contributed by atoms with Gasteiger partial charge >= 0.3 is 5.97 Å². The molecule has 6 heteroatoms. The summed E-state index contributed by atoms with van der Waals surface area (Å²) in [6, 6.07) is 0. The van der Waals surface area contributed by atoms with Crippen LogP contribution >= 0.6 is 11.3 Å². The summed E-state index contributed by atoms with van der Waals surface area (Å²) in [6.07, 6.45) is 8.63. The van der Waals surface area contributed by atoms with Gasteiger partial charge in [0.1, 0.15) is 17.0 Å². The van der Waals surface area contributed by atoms with Crippen LogP contribution in [-0.4, -0.2) is 29.6 Å². The summed E-state index contributed by atoms with van der Waals surface area (Å²) < 4.78 is 4.66. The van der Waals surface area contributed by atoms with Crippen molar-refractivity contribution >= 4 is 33.3 Å². The fourth-order valence-corrected chi connectivity index (χ4v) is 4.64. The van der Waals surface area contributed by atoms with Crippen LogP contribution in [0.2, 0.25) is 0 Å². The van der Waals surface area contributed by atoms with Crippen LogP contribution in [0.5, 0.6) is 0 Å².